The summed E-state index contributed by atoms with van der Waals surface area (Å²) in [6.45, 7) is 10.2. The first-order chi connectivity index (χ1) is 27.4. The van der Waals surface area contributed by atoms with E-state index in [0.717, 1.165) is 85.0 Å². The smallest absolute Gasteiger partial charge is 0.259 e. The van der Waals surface area contributed by atoms with Crippen LogP contribution in [0.3, 0.4) is 0 Å². The lowest BCUT2D eigenvalue weighted by molar-refractivity contribution is -0.114. The van der Waals surface area contributed by atoms with E-state index in [-0.39, 0.29) is 11.8 Å². The summed E-state index contributed by atoms with van der Waals surface area (Å²) in [5.74, 6) is 0.668. The number of thiophene rings is 4. The maximum atomic E-state index is 15.1. The number of anilines is 2. The van der Waals surface area contributed by atoms with E-state index < -0.39 is 0 Å². The number of carbonyl (C=O) groups is 2. The van der Waals surface area contributed by atoms with Gasteiger partial charge < -0.3 is 9.80 Å². The number of hydrogen-bond donors (Lipinski definition) is 0. The Morgan fingerprint density at radius 2 is 0.946 bits per heavy atom. The normalized spacial score (nSPS) is 16.2. The number of carbonyl (C=O) groups excluding carboxylic acids is 2. The van der Waals surface area contributed by atoms with Crippen LogP contribution in [-0.4, -0.2) is 24.9 Å². The van der Waals surface area contributed by atoms with Crippen molar-refractivity contribution in [3.05, 3.63) is 107 Å². The Balaban J connectivity index is 1.25. The Bertz CT molecular complexity index is 2180. The summed E-state index contributed by atoms with van der Waals surface area (Å²) in [4.78, 5) is 41.5. The second-order valence-electron chi connectivity index (χ2n) is 15.2. The van der Waals surface area contributed by atoms with Gasteiger partial charge in [-0.1, -0.05) is 103 Å². The minimum Gasteiger partial charge on any atom is -0.307 e. The van der Waals surface area contributed by atoms with Crippen molar-refractivity contribution in [2.75, 3.05) is 22.9 Å². The first-order valence-electron chi connectivity index (χ1n) is 20.4. The molecule has 0 spiro atoms. The van der Waals surface area contributed by atoms with Gasteiger partial charge in [-0.2, -0.15) is 0 Å². The Labute approximate surface area is 348 Å². The van der Waals surface area contributed by atoms with Gasteiger partial charge in [-0.3, -0.25) is 9.59 Å². The van der Waals surface area contributed by atoms with Crippen molar-refractivity contribution in [1.29, 1.82) is 0 Å². The molecule has 0 N–H and O–H groups in total. The predicted octanol–water partition coefficient (Wildman–Crippen LogP) is 14.6. The Kier molecular flexibility index (Phi) is 11.9. The van der Waals surface area contributed by atoms with Crippen LogP contribution >= 0.6 is 45.3 Å². The number of nitrogens with zero attached hydrogens (tertiary/aromatic N) is 2. The molecule has 8 rings (SSSR count). The highest BCUT2D eigenvalue weighted by Crippen LogP contribution is 2.50. The molecule has 6 heterocycles. The molecule has 2 unspecified atom stereocenters. The summed E-state index contributed by atoms with van der Waals surface area (Å²) in [5, 5.41) is 4.24. The highest BCUT2D eigenvalue weighted by molar-refractivity contribution is 7.23. The molecule has 8 heteroatoms. The number of fused-ring (bicyclic) bond motifs is 2. The van der Waals surface area contributed by atoms with Crippen LogP contribution in [-0.2, 0) is 9.59 Å². The molecule has 0 fully saturated rings. The Morgan fingerprint density at radius 3 is 1.32 bits per heavy atom. The summed E-state index contributed by atoms with van der Waals surface area (Å²) in [5.41, 5.74) is 6.91. The minimum absolute atomic E-state index is 0.0466. The van der Waals surface area contributed by atoms with E-state index in [1.807, 2.05) is 9.80 Å². The van der Waals surface area contributed by atoms with Crippen LogP contribution in [0.25, 0.3) is 51.5 Å². The van der Waals surface area contributed by atoms with Crippen molar-refractivity contribution in [3.63, 3.8) is 0 Å². The van der Waals surface area contributed by atoms with Crippen LogP contribution in [0.2, 0.25) is 0 Å². The lowest BCUT2D eigenvalue weighted by Crippen LogP contribution is -2.34. The number of hydrogen-bond acceptors (Lipinski definition) is 6. The molecule has 0 aliphatic carbocycles. The first kappa shape index (κ1) is 38.8. The van der Waals surface area contributed by atoms with Crippen molar-refractivity contribution in [1.82, 2.24) is 0 Å². The van der Waals surface area contributed by atoms with Crippen molar-refractivity contribution < 1.29 is 9.59 Å². The molecule has 0 bridgehead atoms. The quantitative estimate of drug-likeness (QED) is 0.0913. The monoisotopic (exact) mass is 814 g/mol. The van der Waals surface area contributed by atoms with Crippen LogP contribution in [0.4, 0.5) is 11.4 Å². The molecule has 288 valence electrons. The molecule has 2 atom stereocenters. The van der Waals surface area contributed by atoms with E-state index in [0.29, 0.717) is 36.1 Å². The van der Waals surface area contributed by atoms with Gasteiger partial charge in [0.05, 0.1) is 22.5 Å². The van der Waals surface area contributed by atoms with E-state index in [4.69, 9.17) is 0 Å². The number of rotatable bonds is 16. The molecule has 2 amide bonds. The molecular formula is C48H50N2O2S4. The molecule has 56 heavy (non-hydrogen) atoms. The third-order valence-electron chi connectivity index (χ3n) is 11.6. The van der Waals surface area contributed by atoms with Crippen LogP contribution in [0.15, 0.2) is 95.7 Å². The van der Waals surface area contributed by atoms with Crippen LogP contribution in [0.1, 0.15) is 90.2 Å². The summed E-state index contributed by atoms with van der Waals surface area (Å²) in [7, 11) is 0. The van der Waals surface area contributed by atoms with Crippen LogP contribution in [0.5, 0.6) is 0 Å². The number of amides is 2. The molecule has 4 nitrogen and oxygen atoms in total. The average molecular weight is 815 g/mol. The highest BCUT2D eigenvalue weighted by atomic mass is 32.1. The van der Waals surface area contributed by atoms with E-state index in [2.05, 4.69) is 123 Å². The summed E-state index contributed by atoms with van der Waals surface area (Å²) in [6, 6.07) is 30.3. The first-order valence-corrected chi connectivity index (χ1v) is 23.8. The summed E-state index contributed by atoms with van der Waals surface area (Å²) < 4.78 is 0. The maximum absolute atomic E-state index is 15.1. The van der Waals surface area contributed by atoms with Gasteiger partial charge in [-0.25, -0.2) is 0 Å². The SMILES string of the molecule is CCCCC(CC)CN1C(=O)/C(=C2\C(=O)N(CC(CC)CCCC)c3cc(-c4ccc(-c5cccs5)s4)ccc32)c2ccc(-c3ccc(-c4cccs4)s3)cc21. The summed E-state index contributed by atoms with van der Waals surface area (Å²) >= 11 is 7.08. The molecule has 2 aromatic carbocycles. The van der Waals surface area contributed by atoms with E-state index >= 15 is 9.59 Å². The fraction of sp³-hybridized carbons (Fsp3) is 0.333. The van der Waals surface area contributed by atoms with Crippen molar-refractivity contribution in [2.45, 2.75) is 79.1 Å². The van der Waals surface area contributed by atoms with Gasteiger partial charge in [-0.05, 0) is 95.1 Å². The lowest BCUT2D eigenvalue weighted by atomic mass is 9.95. The lowest BCUT2D eigenvalue weighted by Gasteiger charge is -2.24. The zero-order valence-electron chi connectivity index (χ0n) is 32.8. The average Bonchev–Trinajstić information content (AvgIpc) is 4.08. The highest BCUT2D eigenvalue weighted by Gasteiger charge is 2.43. The Morgan fingerprint density at radius 1 is 0.518 bits per heavy atom. The fourth-order valence-electron chi connectivity index (χ4n) is 8.24. The molecule has 2 aliphatic heterocycles. The maximum Gasteiger partial charge on any atom is 0.259 e. The van der Waals surface area contributed by atoms with E-state index in [9.17, 15) is 0 Å². The molecule has 0 saturated heterocycles. The van der Waals surface area contributed by atoms with Gasteiger partial charge >= 0.3 is 0 Å². The zero-order valence-corrected chi connectivity index (χ0v) is 36.1. The minimum atomic E-state index is -0.0466. The third kappa shape index (κ3) is 7.53. The van der Waals surface area contributed by atoms with Crippen molar-refractivity contribution >= 4 is 79.7 Å². The van der Waals surface area contributed by atoms with Crippen molar-refractivity contribution in [3.8, 4) is 40.4 Å². The molecule has 2 aliphatic rings. The second kappa shape index (κ2) is 17.2. The van der Waals surface area contributed by atoms with Gasteiger partial charge in [0.25, 0.3) is 11.8 Å². The second-order valence-corrected chi connectivity index (χ2v) is 19.2. The van der Waals surface area contributed by atoms with Crippen LogP contribution in [0, 0.1) is 11.8 Å². The molecule has 0 saturated carbocycles. The van der Waals surface area contributed by atoms with Gasteiger partial charge in [0.1, 0.15) is 0 Å². The predicted molar refractivity (Wildman–Crippen MR) is 244 cm³/mol. The van der Waals surface area contributed by atoms with E-state index in [1.165, 1.54) is 29.3 Å². The number of benzene rings is 2. The van der Waals surface area contributed by atoms with Crippen molar-refractivity contribution in [2.24, 2.45) is 11.8 Å². The van der Waals surface area contributed by atoms with Gasteiger partial charge in [-0.15, -0.1) is 45.3 Å². The zero-order chi connectivity index (χ0) is 38.8. The topological polar surface area (TPSA) is 40.6 Å². The molecule has 4 aromatic heterocycles. The van der Waals surface area contributed by atoms with Gasteiger partial charge in [0, 0.05) is 53.5 Å². The third-order valence-corrected chi connectivity index (χ3v) is 16.0. The summed E-state index contributed by atoms with van der Waals surface area (Å²) in [6.07, 6.45) is 8.72. The van der Waals surface area contributed by atoms with Gasteiger partial charge in [0.2, 0.25) is 0 Å². The molecule has 6 aromatic rings. The van der Waals surface area contributed by atoms with E-state index in [1.54, 1.807) is 45.3 Å². The number of unbranched alkanes of at least 4 members (excludes halogenated alkanes) is 2. The standard InChI is InChI=1S/C48H50N2O2S4/c1-5-9-13-31(7-3)29-49-37-27-33(39-21-23-43(55-39)41-15-11-25-53-41)17-19-35(37)45(47(49)51)46-36-20-18-34(40-22-24-44(56-40)42-16-12-26-54-42)28-38(36)50(48(46)52)30-32(8-4)14-10-6-2/h11-12,15-28,31-32H,5-10,13-14,29-30H2,1-4H3/b46-45-. The fourth-order valence-corrected chi connectivity index (χ4v) is 11.9. The molecular weight excluding hydrogens is 765 g/mol. The van der Waals surface area contributed by atoms with Gasteiger partial charge in [0.15, 0.2) is 0 Å². The Hall–Kier alpha value is -4.08. The van der Waals surface area contributed by atoms with Crippen LogP contribution < -0.4 is 9.80 Å². The largest absolute Gasteiger partial charge is 0.307 e. The molecule has 0 radical (unpaired) electrons.